The van der Waals surface area contributed by atoms with E-state index < -0.39 is 0 Å². The van der Waals surface area contributed by atoms with Gasteiger partial charge in [-0.05, 0) is 24.6 Å². The van der Waals surface area contributed by atoms with Crippen LogP contribution in [0.1, 0.15) is 18.5 Å². The second kappa shape index (κ2) is 6.08. The van der Waals surface area contributed by atoms with Crippen molar-refractivity contribution in [3.8, 4) is 5.69 Å². The minimum absolute atomic E-state index is 0.110. The van der Waals surface area contributed by atoms with Crippen molar-refractivity contribution in [2.45, 2.75) is 13.0 Å². The summed E-state index contributed by atoms with van der Waals surface area (Å²) < 4.78 is 1.91. The van der Waals surface area contributed by atoms with Gasteiger partial charge < -0.3 is 5.32 Å². The largest absolute Gasteiger partial charge is 0.348 e. The molecule has 0 aliphatic rings. The third kappa shape index (κ3) is 2.69. The van der Waals surface area contributed by atoms with Crippen LogP contribution in [-0.4, -0.2) is 24.5 Å². The molecule has 0 amide bonds. The Labute approximate surface area is 139 Å². The molecule has 0 fully saturated rings. The summed E-state index contributed by atoms with van der Waals surface area (Å²) >= 11 is 0. The molecule has 0 saturated heterocycles. The van der Waals surface area contributed by atoms with Crippen molar-refractivity contribution in [1.29, 1.82) is 0 Å². The molecule has 0 saturated carbocycles. The maximum atomic E-state index is 4.63. The molecule has 1 aromatic carbocycles. The number of anilines is 1. The number of rotatable bonds is 4. The van der Waals surface area contributed by atoms with Gasteiger partial charge in [-0.2, -0.15) is 4.98 Å². The standard InChI is InChI=1S/C18H16N6/c1-13(14-6-3-2-4-7-14)22-18-20-11-16-17(23-18)24(12-21-16)15-8-5-9-19-10-15/h2-13H,1H3,(H,20,22,23)/t13-/m0/s1. The van der Waals surface area contributed by atoms with Gasteiger partial charge in [0.2, 0.25) is 5.95 Å². The first kappa shape index (κ1) is 14.3. The monoisotopic (exact) mass is 316 g/mol. The summed E-state index contributed by atoms with van der Waals surface area (Å²) in [6, 6.07) is 14.2. The summed E-state index contributed by atoms with van der Waals surface area (Å²) in [6.07, 6.45) is 6.99. The number of benzene rings is 1. The van der Waals surface area contributed by atoms with Crippen LogP contribution in [0.15, 0.2) is 67.4 Å². The zero-order valence-electron chi connectivity index (χ0n) is 13.2. The number of hydrogen-bond acceptors (Lipinski definition) is 5. The van der Waals surface area contributed by atoms with E-state index >= 15 is 0 Å². The Morgan fingerprint density at radius 3 is 2.67 bits per heavy atom. The number of pyridine rings is 1. The average molecular weight is 316 g/mol. The Morgan fingerprint density at radius 2 is 1.88 bits per heavy atom. The van der Waals surface area contributed by atoms with Gasteiger partial charge in [0, 0.05) is 6.20 Å². The molecular formula is C18H16N6. The van der Waals surface area contributed by atoms with Crippen molar-refractivity contribution in [3.05, 3.63) is 72.9 Å². The lowest BCUT2D eigenvalue weighted by molar-refractivity contribution is 0.862. The third-order valence-corrected chi connectivity index (χ3v) is 3.86. The SMILES string of the molecule is C[C@H](Nc1ncc2ncn(-c3cccnc3)c2n1)c1ccccc1. The molecule has 0 spiro atoms. The highest BCUT2D eigenvalue weighted by atomic mass is 15.2. The molecule has 0 unspecified atom stereocenters. The first-order valence-corrected chi connectivity index (χ1v) is 7.73. The Hall–Kier alpha value is -3.28. The highest BCUT2D eigenvalue weighted by Gasteiger charge is 2.11. The molecule has 4 aromatic rings. The number of nitrogens with zero attached hydrogens (tertiary/aromatic N) is 5. The highest BCUT2D eigenvalue weighted by Crippen LogP contribution is 2.19. The molecule has 0 radical (unpaired) electrons. The second-order valence-electron chi connectivity index (χ2n) is 5.50. The maximum absolute atomic E-state index is 4.63. The zero-order valence-corrected chi connectivity index (χ0v) is 13.2. The van der Waals surface area contributed by atoms with Crippen molar-refractivity contribution in [2.75, 3.05) is 5.32 Å². The molecule has 0 bridgehead atoms. The van der Waals surface area contributed by atoms with Crippen molar-refractivity contribution >= 4 is 17.1 Å². The number of nitrogens with one attached hydrogen (secondary N) is 1. The summed E-state index contributed by atoms with van der Waals surface area (Å²) in [4.78, 5) is 17.5. The van der Waals surface area contributed by atoms with E-state index in [-0.39, 0.29) is 6.04 Å². The Balaban J connectivity index is 1.68. The van der Waals surface area contributed by atoms with Crippen LogP contribution in [0.25, 0.3) is 16.9 Å². The zero-order chi connectivity index (χ0) is 16.4. The van der Waals surface area contributed by atoms with Crippen LogP contribution in [0, 0.1) is 0 Å². The van der Waals surface area contributed by atoms with Crippen LogP contribution in [0.3, 0.4) is 0 Å². The summed E-state index contributed by atoms with van der Waals surface area (Å²) in [7, 11) is 0. The summed E-state index contributed by atoms with van der Waals surface area (Å²) in [6.45, 7) is 2.08. The first-order chi connectivity index (χ1) is 11.8. The van der Waals surface area contributed by atoms with Crippen molar-refractivity contribution in [2.24, 2.45) is 0 Å². The van der Waals surface area contributed by atoms with Crippen LogP contribution >= 0.6 is 0 Å². The van der Waals surface area contributed by atoms with Gasteiger partial charge in [-0.15, -0.1) is 0 Å². The summed E-state index contributed by atoms with van der Waals surface area (Å²) in [5.74, 6) is 0.574. The minimum atomic E-state index is 0.110. The molecular weight excluding hydrogens is 300 g/mol. The second-order valence-corrected chi connectivity index (χ2v) is 5.50. The van der Waals surface area contributed by atoms with E-state index in [1.807, 2.05) is 34.9 Å². The Bertz CT molecular complexity index is 949. The van der Waals surface area contributed by atoms with Crippen LogP contribution in [-0.2, 0) is 0 Å². The van der Waals surface area contributed by atoms with Crippen molar-refractivity contribution < 1.29 is 0 Å². The number of hydrogen-bond donors (Lipinski definition) is 1. The van der Waals surface area contributed by atoms with Crippen LogP contribution in [0.4, 0.5) is 5.95 Å². The lowest BCUT2D eigenvalue weighted by atomic mass is 10.1. The van der Waals surface area contributed by atoms with E-state index in [1.165, 1.54) is 5.56 Å². The van der Waals surface area contributed by atoms with Gasteiger partial charge in [0.05, 0.1) is 24.1 Å². The van der Waals surface area contributed by atoms with Crippen LogP contribution < -0.4 is 5.32 Å². The molecule has 0 aliphatic heterocycles. The van der Waals surface area contributed by atoms with Crippen LogP contribution in [0.2, 0.25) is 0 Å². The molecule has 4 rings (SSSR count). The molecule has 3 heterocycles. The van der Waals surface area contributed by atoms with Gasteiger partial charge >= 0.3 is 0 Å². The fourth-order valence-electron chi connectivity index (χ4n) is 2.58. The minimum Gasteiger partial charge on any atom is -0.348 e. The number of imidazole rings is 1. The number of aromatic nitrogens is 5. The highest BCUT2D eigenvalue weighted by molar-refractivity contribution is 5.73. The van der Waals surface area contributed by atoms with Gasteiger partial charge in [-0.1, -0.05) is 30.3 Å². The van der Waals surface area contributed by atoms with Crippen molar-refractivity contribution in [3.63, 3.8) is 0 Å². The third-order valence-electron chi connectivity index (χ3n) is 3.86. The van der Waals surface area contributed by atoms with Gasteiger partial charge in [-0.3, -0.25) is 9.55 Å². The van der Waals surface area contributed by atoms with Gasteiger partial charge in [0.25, 0.3) is 0 Å². The molecule has 0 aliphatic carbocycles. The Morgan fingerprint density at radius 1 is 1.00 bits per heavy atom. The van der Waals surface area contributed by atoms with E-state index in [0.717, 1.165) is 16.9 Å². The van der Waals surface area contributed by atoms with Gasteiger partial charge in [-0.25, -0.2) is 9.97 Å². The smallest absolute Gasteiger partial charge is 0.225 e. The van der Waals surface area contributed by atoms with E-state index in [1.54, 1.807) is 24.9 Å². The fourth-order valence-corrected chi connectivity index (χ4v) is 2.58. The quantitative estimate of drug-likeness (QED) is 0.625. The molecule has 6 nitrogen and oxygen atoms in total. The molecule has 24 heavy (non-hydrogen) atoms. The molecule has 1 atom stereocenters. The lowest BCUT2D eigenvalue weighted by Gasteiger charge is -2.14. The topological polar surface area (TPSA) is 68.5 Å². The molecule has 1 N–H and O–H groups in total. The van der Waals surface area contributed by atoms with E-state index in [2.05, 4.69) is 44.3 Å². The lowest BCUT2D eigenvalue weighted by Crippen LogP contribution is -2.09. The number of fused-ring (bicyclic) bond motifs is 1. The normalized spacial score (nSPS) is 12.2. The molecule has 3 aromatic heterocycles. The maximum Gasteiger partial charge on any atom is 0.225 e. The molecule has 6 heteroatoms. The first-order valence-electron chi connectivity index (χ1n) is 7.73. The van der Waals surface area contributed by atoms with E-state index in [0.29, 0.717) is 5.95 Å². The van der Waals surface area contributed by atoms with Gasteiger partial charge in [0.15, 0.2) is 5.65 Å². The summed E-state index contributed by atoms with van der Waals surface area (Å²) in [5.41, 5.74) is 3.60. The summed E-state index contributed by atoms with van der Waals surface area (Å²) in [5, 5.41) is 3.34. The Kier molecular flexibility index (Phi) is 3.63. The predicted molar refractivity (Wildman–Crippen MR) is 92.9 cm³/mol. The molecule has 118 valence electrons. The van der Waals surface area contributed by atoms with E-state index in [9.17, 15) is 0 Å². The van der Waals surface area contributed by atoms with Gasteiger partial charge in [0.1, 0.15) is 11.8 Å². The van der Waals surface area contributed by atoms with Crippen molar-refractivity contribution in [1.82, 2.24) is 24.5 Å². The fraction of sp³-hybridized carbons (Fsp3) is 0.111. The predicted octanol–water partition coefficient (Wildman–Crippen LogP) is 3.38. The average Bonchev–Trinajstić information content (AvgIpc) is 3.06. The van der Waals surface area contributed by atoms with Crippen LogP contribution in [0.5, 0.6) is 0 Å². The van der Waals surface area contributed by atoms with E-state index in [4.69, 9.17) is 0 Å².